The molecule has 0 radical (unpaired) electrons. The molecule has 0 bridgehead atoms. The highest BCUT2D eigenvalue weighted by Crippen LogP contribution is 2.60. The minimum atomic E-state index is -0.291. The topological polar surface area (TPSA) is 63.4 Å². The van der Waals surface area contributed by atoms with Crippen LogP contribution in [0.5, 0.6) is 17.2 Å². The molecule has 2 fully saturated rings. The second kappa shape index (κ2) is 10.5. The number of aromatic hydroxyl groups is 1. The number of fused-ring (bicyclic) bond motifs is 5. The summed E-state index contributed by atoms with van der Waals surface area (Å²) in [6.07, 6.45) is 8.50. The summed E-state index contributed by atoms with van der Waals surface area (Å²) in [5.41, 5.74) is 5.92. The second-order valence-corrected chi connectivity index (χ2v) is 11.4. The smallest absolute Gasteiger partial charge is 0.125 e. The molecule has 6 rings (SSSR count). The molecule has 5 nitrogen and oxygen atoms in total. The molecule has 0 aliphatic heterocycles. The number of hydrogen-bond donors (Lipinski definition) is 1. The first-order valence-corrected chi connectivity index (χ1v) is 13.9. The molecule has 39 heavy (non-hydrogen) atoms. The lowest BCUT2D eigenvalue weighted by Gasteiger charge is -2.49. The molecule has 0 aromatic heterocycles. The van der Waals surface area contributed by atoms with Crippen LogP contribution >= 0.6 is 0 Å². The number of benzene rings is 3. The summed E-state index contributed by atoms with van der Waals surface area (Å²) in [4.78, 5) is 0. The number of hydrogen-bond acceptors (Lipinski definition) is 5. The summed E-state index contributed by atoms with van der Waals surface area (Å²) < 4.78 is 24.6. The van der Waals surface area contributed by atoms with Crippen molar-refractivity contribution in [1.29, 1.82) is 0 Å². The van der Waals surface area contributed by atoms with Gasteiger partial charge in [0.1, 0.15) is 29.7 Å². The number of methoxy groups -OCH3 is 1. The first-order valence-electron chi connectivity index (χ1n) is 13.9. The first-order chi connectivity index (χ1) is 18.9. The largest absolute Gasteiger partial charge is 0.508 e. The molecule has 3 aliphatic carbocycles. The number of ether oxygens (including phenoxy) is 2. The summed E-state index contributed by atoms with van der Waals surface area (Å²) in [5.74, 6) is 3.30. The lowest BCUT2D eigenvalue weighted by atomic mass is 9.55. The molecule has 0 saturated heterocycles. The van der Waals surface area contributed by atoms with Crippen molar-refractivity contribution < 1.29 is 19.0 Å². The average molecular weight is 527 g/mol. The van der Waals surface area contributed by atoms with Gasteiger partial charge in [-0.05, 0) is 128 Å². The van der Waals surface area contributed by atoms with E-state index in [1.165, 1.54) is 41.8 Å². The third kappa shape index (κ3) is 4.93. The van der Waals surface area contributed by atoms with Gasteiger partial charge < -0.3 is 14.6 Å². The van der Waals surface area contributed by atoms with Crippen molar-refractivity contribution >= 4 is 11.9 Å². The normalized spacial score (nSPS) is 26.7. The van der Waals surface area contributed by atoms with E-state index in [2.05, 4.69) is 18.1 Å². The Morgan fingerprint density at radius 1 is 1.03 bits per heavy atom. The van der Waals surface area contributed by atoms with Crippen LogP contribution in [-0.2, 0) is 13.0 Å². The van der Waals surface area contributed by atoms with Crippen molar-refractivity contribution in [2.24, 2.45) is 27.5 Å². The second-order valence-electron chi connectivity index (χ2n) is 11.4. The number of nitrogens with zero attached hydrogens (tertiary/aromatic N) is 2. The van der Waals surface area contributed by atoms with Crippen LogP contribution in [0.25, 0.3) is 0 Å². The Balaban J connectivity index is 1.16. The number of phenolic OH excluding ortho intramolecular Hbond substituents is 1. The maximum atomic E-state index is 13.2. The fraction of sp³-hybridized carbons (Fsp3) is 0.394. The van der Waals surface area contributed by atoms with Crippen molar-refractivity contribution in [3.8, 4) is 17.2 Å². The zero-order chi connectivity index (χ0) is 27.0. The summed E-state index contributed by atoms with van der Waals surface area (Å²) in [5, 5.41) is 19.3. The highest BCUT2D eigenvalue weighted by atomic mass is 19.1. The van der Waals surface area contributed by atoms with Crippen molar-refractivity contribution in [1.82, 2.24) is 0 Å². The Morgan fingerprint density at radius 3 is 2.69 bits per heavy atom. The van der Waals surface area contributed by atoms with Crippen LogP contribution in [0.3, 0.4) is 0 Å². The quantitative estimate of drug-likeness (QED) is 0.268. The zero-order valence-corrected chi connectivity index (χ0v) is 22.6. The lowest BCUT2D eigenvalue weighted by Crippen LogP contribution is -2.42. The van der Waals surface area contributed by atoms with Gasteiger partial charge in [-0.3, -0.25) is 0 Å². The van der Waals surface area contributed by atoms with E-state index < -0.39 is 0 Å². The van der Waals surface area contributed by atoms with E-state index in [4.69, 9.17) is 14.6 Å². The third-order valence-electron chi connectivity index (χ3n) is 9.35. The molecule has 3 aromatic rings. The van der Waals surface area contributed by atoms with Gasteiger partial charge in [0, 0.05) is 16.7 Å². The number of halogens is 1. The molecule has 3 aliphatic rings. The van der Waals surface area contributed by atoms with Gasteiger partial charge in [0.25, 0.3) is 0 Å². The molecule has 202 valence electrons. The summed E-state index contributed by atoms with van der Waals surface area (Å²) in [7, 11) is 1.64. The van der Waals surface area contributed by atoms with Crippen LogP contribution in [0.2, 0.25) is 0 Å². The van der Waals surface area contributed by atoms with Crippen LogP contribution in [0.4, 0.5) is 4.39 Å². The molecule has 3 aromatic carbocycles. The van der Waals surface area contributed by atoms with Gasteiger partial charge in [0.15, 0.2) is 0 Å². The molecule has 0 amide bonds. The van der Waals surface area contributed by atoms with Crippen molar-refractivity contribution in [3.63, 3.8) is 0 Å². The predicted molar refractivity (Wildman–Crippen MR) is 151 cm³/mol. The molecule has 6 heteroatoms. The Bertz CT molecular complexity index is 1420. The molecule has 0 unspecified atom stereocenters. The van der Waals surface area contributed by atoms with Gasteiger partial charge in [-0.25, -0.2) is 4.39 Å². The standard InChI is InChI=1S/C33H35FN2O3/c1-33-16-15-28-27-11-7-25(37)18-22(27)4-10-29(28)30(33)12-14-32(33)36-35-19-21-3-13-31(38-2)23(17-21)20-39-26-8-5-24(34)6-9-26/h3,5-9,11,13,17-19,28-30,37H,4,10,12,14-16,20H2,1-2H3/b35-19-,36-32-/t28-,29-,30-,33-/m1/s1. The molecule has 2 saturated carbocycles. The lowest BCUT2D eigenvalue weighted by molar-refractivity contribution is 0.0955. The van der Waals surface area contributed by atoms with E-state index in [1.54, 1.807) is 25.5 Å². The van der Waals surface area contributed by atoms with Gasteiger partial charge in [-0.2, -0.15) is 10.2 Å². The minimum absolute atomic E-state index is 0.0982. The van der Waals surface area contributed by atoms with E-state index in [0.717, 1.165) is 42.6 Å². The van der Waals surface area contributed by atoms with Crippen LogP contribution in [-0.4, -0.2) is 24.1 Å². The van der Waals surface area contributed by atoms with Gasteiger partial charge >= 0.3 is 0 Å². The van der Waals surface area contributed by atoms with Crippen molar-refractivity contribution in [3.05, 3.63) is 88.7 Å². The highest BCUT2D eigenvalue weighted by Gasteiger charge is 2.53. The summed E-state index contributed by atoms with van der Waals surface area (Å²) >= 11 is 0. The van der Waals surface area contributed by atoms with E-state index in [0.29, 0.717) is 35.9 Å². The summed E-state index contributed by atoms with van der Waals surface area (Å²) in [6, 6.07) is 17.8. The van der Waals surface area contributed by atoms with Crippen molar-refractivity contribution in [2.75, 3.05) is 7.11 Å². The van der Waals surface area contributed by atoms with Crippen LogP contribution in [0, 0.1) is 23.1 Å². The fourth-order valence-corrected chi connectivity index (χ4v) is 7.37. The predicted octanol–water partition coefficient (Wildman–Crippen LogP) is 7.45. The van der Waals surface area contributed by atoms with Gasteiger partial charge in [0.05, 0.1) is 13.3 Å². The van der Waals surface area contributed by atoms with Gasteiger partial charge in [-0.15, -0.1) is 0 Å². The SMILES string of the molecule is COc1ccc(/C=N\N=C2\CC[C@@H]3[C@@H]4CCc5cc(O)ccc5[C@H]4CC[C@@]23C)cc1COc1ccc(F)cc1. The van der Waals surface area contributed by atoms with Gasteiger partial charge in [-0.1, -0.05) is 13.0 Å². The Kier molecular flexibility index (Phi) is 6.88. The summed E-state index contributed by atoms with van der Waals surface area (Å²) in [6.45, 7) is 2.70. The molecular formula is C33H35FN2O3. The van der Waals surface area contributed by atoms with Crippen LogP contribution in [0.15, 0.2) is 70.9 Å². The number of rotatable bonds is 6. The number of aryl methyl sites for hydroxylation is 1. The molecule has 4 atom stereocenters. The Hall–Kier alpha value is -3.67. The fourth-order valence-electron chi connectivity index (χ4n) is 7.37. The maximum absolute atomic E-state index is 13.2. The first kappa shape index (κ1) is 25.6. The number of phenols is 1. The zero-order valence-electron chi connectivity index (χ0n) is 22.6. The minimum Gasteiger partial charge on any atom is -0.508 e. The van der Waals surface area contributed by atoms with E-state index in [9.17, 15) is 9.50 Å². The van der Waals surface area contributed by atoms with Crippen LogP contribution in [0.1, 0.15) is 67.2 Å². The molecule has 0 heterocycles. The highest BCUT2D eigenvalue weighted by molar-refractivity contribution is 5.93. The van der Waals surface area contributed by atoms with Crippen LogP contribution < -0.4 is 9.47 Å². The third-order valence-corrected chi connectivity index (χ3v) is 9.35. The molecule has 0 spiro atoms. The van der Waals surface area contributed by atoms with E-state index in [1.807, 2.05) is 30.3 Å². The molecule has 1 N–H and O–H groups in total. The maximum Gasteiger partial charge on any atom is 0.125 e. The van der Waals surface area contributed by atoms with Gasteiger partial charge in [0.2, 0.25) is 0 Å². The average Bonchev–Trinajstić information content (AvgIpc) is 3.28. The Morgan fingerprint density at radius 2 is 1.87 bits per heavy atom. The Labute approximate surface area is 229 Å². The van der Waals surface area contributed by atoms with E-state index >= 15 is 0 Å². The van der Waals surface area contributed by atoms with E-state index in [-0.39, 0.29) is 11.2 Å². The monoisotopic (exact) mass is 526 g/mol. The molecular weight excluding hydrogens is 491 g/mol. The van der Waals surface area contributed by atoms with Crippen molar-refractivity contribution in [2.45, 2.75) is 58.0 Å².